The minimum absolute atomic E-state index is 0.00646. The second-order valence-electron chi connectivity index (χ2n) is 5.41. The summed E-state index contributed by atoms with van der Waals surface area (Å²) in [6.07, 6.45) is 5.89. The highest BCUT2D eigenvalue weighted by Gasteiger charge is 2.48. The standard InChI is InChI=1S/C14H16N2O3/c17-13-14(8-3-1-2-4-9-14)10-6-5-7-11(16(18)19)12(10)15-13/h5-7H,1-4,8-9H2,(H,15,17). The zero-order chi connectivity index (χ0) is 13.5. The summed E-state index contributed by atoms with van der Waals surface area (Å²) >= 11 is 0. The van der Waals surface area contributed by atoms with E-state index in [4.69, 9.17) is 0 Å². The van der Waals surface area contributed by atoms with E-state index in [-0.39, 0.29) is 11.6 Å². The summed E-state index contributed by atoms with van der Waals surface area (Å²) in [5.74, 6) is -0.0568. The van der Waals surface area contributed by atoms with Crippen LogP contribution in [0.5, 0.6) is 0 Å². The second kappa shape index (κ2) is 4.33. The summed E-state index contributed by atoms with van der Waals surface area (Å²) in [5.41, 5.74) is 0.720. The van der Waals surface area contributed by atoms with E-state index in [1.807, 2.05) is 6.07 Å². The van der Waals surface area contributed by atoms with Gasteiger partial charge in [0.2, 0.25) is 5.91 Å². The van der Waals surface area contributed by atoms with Gasteiger partial charge in [0, 0.05) is 6.07 Å². The Labute approximate surface area is 111 Å². The Kier molecular flexibility index (Phi) is 2.77. The van der Waals surface area contributed by atoms with Gasteiger partial charge in [-0.2, -0.15) is 0 Å². The van der Waals surface area contributed by atoms with Gasteiger partial charge in [0.1, 0.15) is 5.69 Å². The number of para-hydroxylation sites is 1. The normalized spacial score (nSPS) is 20.7. The summed E-state index contributed by atoms with van der Waals surface area (Å²) in [4.78, 5) is 23.0. The van der Waals surface area contributed by atoms with Crippen LogP contribution in [-0.2, 0) is 10.2 Å². The predicted octanol–water partition coefficient (Wildman–Crippen LogP) is 3.14. The third-order valence-electron chi connectivity index (χ3n) is 4.39. The molecule has 0 bridgehead atoms. The summed E-state index contributed by atoms with van der Waals surface area (Å²) in [6, 6.07) is 5.00. The van der Waals surface area contributed by atoms with E-state index in [0.29, 0.717) is 5.69 Å². The monoisotopic (exact) mass is 260 g/mol. The molecule has 1 N–H and O–H groups in total. The Hall–Kier alpha value is -1.91. The second-order valence-corrected chi connectivity index (χ2v) is 5.41. The number of hydrogen-bond donors (Lipinski definition) is 1. The first-order valence-corrected chi connectivity index (χ1v) is 6.74. The van der Waals surface area contributed by atoms with E-state index in [0.717, 1.165) is 44.1 Å². The molecule has 5 nitrogen and oxygen atoms in total. The number of benzene rings is 1. The molecule has 1 aromatic rings. The number of rotatable bonds is 1. The lowest BCUT2D eigenvalue weighted by atomic mass is 9.75. The average molecular weight is 260 g/mol. The summed E-state index contributed by atoms with van der Waals surface area (Å²) in [7, 11) is 0. The van der Waals surface area contributed by atoms with Crippen LogP contribution in [0.25, 0.3) is 0 Å². The molecule has 100 valence electrons. The van der Waals surface area contributed by atoms with Gasteiger partial charge in [-0.05, 0) is 18.4 Å². The molecule has 5 heteroatoms. The van der Waals surface area contributed by atoms with E-state index in [2.05, 4.69) is 5.32 Å². The van der Waals surface area contributed by atoms with Crippen molar-refractivity contribution in [3.63, 3.8) is 0 Å². The number of hydrogen-bond acceptors (Lipinski definition) is 3. The summed E-state index contributed by atoms with van der Waals surface area (Å²) in [6.45, 7) is 0. The smallest absolute Gasteiger partial charge is 0.293 e. The van der Waals surface area contributed by atoms with Crippen LogP contribution in [0.2, 0.25) is 0 Å². The lowest BCUT2D eigenvalue weighted by Gasteiger charge is -2.25. The molecule has 1 spiro atoms. The van der Waals surface area contributed by atoms with Crippen LogP contribution in [0.3, 0.4) is 0 Å². The molecule has 3 rings (SSSR count). The third-order valence-corrected chi connectivity index (χ3v) is 4.39. The minimum Gasteiger partial charge on any atom is -0.319 e. The number of carbonyl (C=O) groups excluding carboxylic acids is 1. The van der Waals surface area contributed by atoms with Gasteiger partial charge in [-0.1, -0.05) is 37.8 Å². The zero-order valence-corrected chi connectivity index (χ0v) is 10.6. The molecule has 0 saturated heterocycles. The number of nitrogens with zero attached hydrogens (tertiary/aromatic N) is 1. The van der Waals surface area contributed by atoms with Crippen LogP contribution >= 0.6 is 0 Å². The van der Waals surface area contributed by atoms with Crippen molar-refractivity contribution in [1.82, 2.24) is 0 Å². The number of carbonyl (C=O) groups is 1. The zero-order valence-electron chi connectivity index (χ0n) is 10.6. The summed E-state index contributed by atoms with van der Waals surface area (Å²) in [5, 5.41) is 13.8. The Bertz CT molecular complexity index is 546. The highest BCUT2D eigenvalue weighted by molar-refractivity contribution is 6.08. The molecular formula is C14H16N2O3. The van der Waals surface area contributed by atoms with Gasteiger partial charge in [-0.25, -0.2) is 0 Å². The van der Waals surface area contributed by atoms with Crippen LogP contribution in [0.4, 0.5) is 11.4 Å². The molecule has 0 unspecified atom stereocenters. The first-order chi connectivity index (χ1) is 9.15. The van der Waals surface area contributed by atoms with Crippen LogP contribution < -0.4 is 5.32 Å². The lowest BCUT2D eigenvalue weighted by molar-refractivity contribution is -0.383. The molecule has 1 heterocycles. The Morgan fingerprint density at radius 3 is 2.47 bits per heavy atom. The number of nitro groups is 1. The highest BCUT2D eigenvalue weighted by Crippen LogP contribution is 2.49. The Morgan fingerprint density at radius 1 is 1.16 bits per heavy atom. The highest BCUT2D eigenvalue weighted by atomic mass is 16.6. The van der Waals surface area contributed by atoms with Crippen molar-refractivity contribution in [2.45, 2.75) is 43.9 Å². The minimum atomic E-state index is -0.530. The van der Waals surface area contributed by atoms with E-state index < -0.39 is 10.3 Å². The Balaban J connectivity index is 2.14. The molecule has 1 fully saturated rings. The van der Waals surface area contributed by atoms with Gasteiger partial charge >= 0.3 is 0 Å². The van der Waals surface area contributed by atoms with Gasteiger partial charge in [-0.3, -0.25) is 14.9 Å². The lowest BCUT2D eigenvalue weighted by Crippen LogP contribution is -2.33. The fraction of sp³-hybridized carbons (Fsp3) is 0.500. The van der Waals surface area contributed by atoms with Gasteiger partial charge in [0.15, 0.2) is 0 Å². The topological polar surface area (TPSA) is 72.2 Å². The predicted molar refractivity (Wildman–Crippen MR) is 71.1 cm³/mol. The maximum Gasteiger partial charge on any atom is 0.293 e. The van der Waals surface area contributed by atoms with E-state index in [1.54, 1.807) is 6.07 Å². The van der Waals surface area contributed by atoms with Gasteiger partial charge < -0.3 is 5.32 Å². The number of amides is 1. The van der Waals surface area contributed by atoms with Crippen molar-refractivity contribution in [2.75, 3.05) is 5.32 Å². The molecule has 19 heavy (non-hydrogen) atoms. The third kappa shape index (κ3) is 1.72. The fourth-order valence-electron chi connectivity index (χ4n) is 3.41. The maximum atomic E-state index is 12.4. The van der Waals surface area contributed by atoms with Crippen LogP contribution in [0, 0.1) is 10.1 Å². The maximum absolute atomic E-state index is 12.4. The van der Waals surface area contributed by atoms with E-state index in [1.165, 1.54) is 6.07 Å². The number of anilines is 1. The van der Waals surface area contributed by atoms with Gasteiger partial charge in [0.05, 0.1) is 10.3 Å². The molecule has 0 radical (unpaired) electrons. The van der Waals surface area contributed by atoms with Crippen molar-refractivity contribution in [3.8, 4) is 0 Å². The molecule has 1 amide bonds. The molecule has 0 atom stereocenters. The van der Waals surface area contributed by atoms with Crippen LogP contribution in [0.1, 0.15) is 44.1 Å². The largest absolute Gasteiger partial charge is 0.319 e. The number of nitro benzene ring substituents is 1. The molecule has 2 aliphatic rings. The van der Waals surface area contributed by atoms with Crippen LogP contribution in [-0.4, -0.2) is 10.8 Å². The van der Waals surface area contributed by atoms with Crippen molar-refractivity contribution < 1.29 is 9.72 Å². The molecule has 1 aliphatic carbocycles. The molecule has 1 saturated carbocycles. The van der Waals surface area contributed by atoms with Gasteiger partial charge in [0.25, 0.3) is 5.69 Å². The van der Waals surface area contributed by atoms with Crippen molar-refractivity contribution in [3.05, 3.63) is 33.9 Å². The molecular weight excluding hydrogens is 244 g/mol. The quantitative estimate of drug-likeness (QED) is 0.622. The fourth-order valence-corrected chi connectivity index (χ4v) is 3.41. The molecule has 1 aliphatic heterocycles. The average Bonchev–Trinajstić information content (AvgIpc) is 2.57. The molecule has 0 aromatic heterocycles. The van der Waals surface area contributed by atoms with Crippen molar-refractivity contribution in [2.24, 2.45) is 0 Å². The molecule has 1 aromatic carbocycles. The number of nitrogens with one attached hydrogen (secondary N) is 1. The van der Waals surface area contributed by atoms with E-state index in [9.17, 15) is 14.9 Å². The summed E-state index contributed by atoms with van der Waals surface area (Å²) < 4.78 is 0. The van der Waals surface area contributed by atoms with Gasteiger partial charge in [-0.15, -0.1) is 0 Å². The number of fused-ring (bicyclic) bond motifs is 2. The first-order valence-electron chi connectivity index (χ1n) is 6.74. The first kappa shape index (κ1) is 12.1. The van der Waals surface area contributed by atoms with Crippen molar-refractivity contribution in [1.29, 1.82) is 0 Å². The van der Waals surface area contributed by atoms with Crippen LogP contribution in [0.15, 0.2) is 18.2 Å². The SMILES string of the molecule is O=C1Nc2c([N+](=O)[O-])cccc2C12CCCCCC2. The Morgan fingerprint density at radius 2 is 1.84 bits per heavy atom. The van der Waals surface area contributed by atoms with E-state index >= 15 is 0 Å². The van der Waals surface area contributed by atoms with Crippen molar-refractivity contribution >= 4 is 17.3 Å².